The second kappa shape index (κ2) is 6.35. The van der Waals surface area contributed by atoms with E-state index in [2.05, 4.69) is 19.1 Å². The predicted molar refractivity (Wildman–Crippen MR) is 82.4 cm³/mol. The van der Waals surface area contributed by atoms with Gasteiger partial charge in [0.05, 0.1) is 0 Å². The molecule has 0 aromatic heterocycles. The molecule has 0 radical (unpaired) electrons. The average molecular weight is 289 g/mol. The molecule has 0 bridgehead atoms. The lowest BCUT2D eigenvalue weighted by Gasteiger charge is -2.17. The van der Waals surface area contributed by atoms with Gasteiger partial charge in [0.2, 0.25) is 0 Å². The Morgan fingerprint density at radius 2 is 1.38 bits per heavy atom. The highest BCUT2D eigenvalue weighted by Gasteiger charge is 2.15. The molecule has 1 unspecified atom stereocenters. The summed E-state index contributed by atoms with van der Waals surface area (Å²) in [5.74, 6) is -1.05. The van der Waals surface area contributed by atoms with Crippen LogP contribution in [0.4, 0.5) is 8.78 Å². The van der Waals surface area contributed by atoms with Crippen LogP contribution in [0.1, 0.15) is 27.8 Å². The summed E-state index contributed by atoms with van der Waals surface area (Å²) in [5, 5.41) is 0. The van der Waals surface area contributed by atoms with Crippen molar-refractivity contribution in [2.24, 2.45) is 5.73 Å². The van der Waals surface area contributed by atoms with Gasteiger partial charge >= 0.3 is 0 Å². The van der Waals surface area contributed by atoms with Gasteiger partial charge in [-0.1, -0.05) is 23.8 Å². The van der Waals surface area contributed by atoms with Crippen LogP contribution in [-0.2, 0) is 12.8 Å². The molecule has 2 aromatic rings. The molecule has 0 saturated heterocycles. The second-order valence-corrected chi connectivity index (χ2v) is 5.75. The summed E-state index contributed by atoms with van der Waals surface area (Å²) in [4.78, 5) is 0. The molecule has 0 saturated carbocycles. The molecule has 0 spiro atoms. The Balaban J connectivity index is 2.18. The van der Waals surface area contributed by atoms with Gasteiger partial charge in [-0.3, -0.25) is 0 Å². The van der Waals surface area contributed by atoms with Crippen molar-refractivity contribution in [3.63, 3.8) is 0 Å². The number of benzene rings is 2. The van der Waals surface area contributed by atoms with Crippen LogP contribution in [0.5, 0.6) is 0 Å². The van der Waals surface area contributed by atoms with Crippen LogP contribution in [0, 0.1) is 32.4 Å². The summed E-state index contributed by atoms with van der Waals surface area (Å²) in [6, 6.07) is 7.82. The maximum absolute atomic E-state index is 13.7. The molecule has 0 aliphatic rings. The maximum Gasteiger partial charge on any atom is 0.129 e. The Hall–Kier alpha value is -1.74. The van der Waals surface area contributed by atoms with E-state index in [0.29, 0.717) is 6.42 Å². The number of rotatable bonds is 4. The molecule has 0 aliphatic heterocycles. The molecular formula is C18H21F2N. The molecule has 0 fully saturated rings. The zero-order valence-corrected chi connectivity index (χ0v) is 12.7. The lowest BCUT2D eigenvalue weighted by atomic mass is 9.92. The lowest BCUT2D eigenvalue weighted by molar-refractivity contribution is 0.533. The van der Waals surface area contributed by atoms with Crippen LogP contribution in [0.15, 0.2) is 30.3 Å². The van der Waals surface area contributed by atoms with E-state index in [9.17, 15) is 8.78 Å². The summed E-state index contributed by atoms with van der Waals surface area (Å²) < 4.78 is 27.3. The van der Waals surface area contributed by atoms with Gasteiger partial charge in [0.25, 0.3) is 0 Å². The van der Waals surface area contributed by atoms with Crippen molar-refractivity contribution >= 4 is 0 Å². The molecule has 2 N–H and O–H groups in total. The highest BCUT2D eigenvalue weighted by atomic mass is 19.1. The average Bonchev–Trinajstić information content (AvgIpc) is 2.38. The minimum absolute atomic E-state index is 0.0763. The van der Waals surface area contributed by atoms with E-state index in [1.165, 1.54) is 40.5 Å². The first kappa shape index (κ1) is 15.6. The zero-order chi connectivity index (χ0) is 15.6. The molecular weight excluding hydrogens is 268 g/mol. The first-order valence-corrected chi connectivity index (χ1v) is 7.13. The van der Waals surface area contributed by atoms with E-state index in [-0.39, 0.29) is 18.0 Å². The Kier molecular flexibility index (Phi) is 4.73. The number of hydrogen-bond acceptors (Lipinski definition) is 1. The summed E-state index contributed by atoms with van der Waals surface area (Å²) in [6.07, 6.45) is 0.816. The second-order valence-electron chi connectivity index (χ2n) is 5.75. The number of nitrogens with two attached hydrogens (primary N) is 1. The lowest BCUT2D eigenvalue weighted by Crippen LogP contribution is -2.27. The van der Waals surface area contributed by atoms with Gasteiger partial charge in [0.15, 0.2) is 0 Å². The van der Waals surface area contributed by atoms with Crippen LogP contribution in [0.3, 0.4) is 0 Å². The normalized spacial score (nSPS) is 12.5. The van der Waals surface area contributed by atoms with E-state index in [1.54, 1.807) is 0 Å². The van der Waals surface area contributed by atoms with Crippen molar-refractivity contribution in [2.75, 3.05) is 0 Å². The van der Waals surface area contributed by atoms with E-state index in [1.807, 2.05) is 13.8 Å². The van der Waals surface area contributed by atoms with Crippen molar-refractivity contribution in [3.05, 3.63) is 69.8 Å². The smallest absolute Gasteiger partial charge is 0.129 e. The van der Waals surface area contributed by atoms with Gasteiger partial charge in [-0.25, -0.2) is 8.78 Å². The summed E-state index contributed by atoms with van der Waals surface area (Å²) in [5.41, 5.74) is 10.9. The van der Waals surface area contributed by atoms with Crippen molar-refractivity contribution in [3.8, 4) is 0 Å². The number of halogens is 2. The fraction of sp³-hybridized carbons (Fsp3) is 0.333. The molecule has 21 heavy (non-hydrogen) atoms. The van der Waals surface area contributed by atoms with Crippen LogP contribution in [-0.4, -0.2) is 6.04 Å². The fourth-order valence-corrected chi connectivity index (χ4v) is 2.86. The van der Waals surface area contributed by atoms with Gasteiger partial charge in [0.1, 0.15) is 11.6 Å². The summed E-state index contributed by atoms with van der Waals surface area (Å²) in [6.45, 7) is 6.15. The first-order valence-electron chi connectivity index (χ1n) is 7.13. The molecule has 0 heterocycles. The molecule has 1 nitrogen and oxygen atoms in total. The third-order valence-corrected chi connectivity index (χ3v) is 3.83. The SMILES string of the molecule is Cc1cc(C)c(CC(N)Cc2c(F)cccc2F)c(C)c1. The predicted octanol–water partition coefficient (Wildman–Crippen LogP) is 4.00. The highest BCUT2D eigenvalue weighted by molar-refractivity contribution is 5.38. The van der Waals surface area contributed by atoms with Crippen LogP contribution in [0.2, 0.25) is 0 Å². The fourth-order valence-electron chi connectivity index (χ4n) is 2.86. The van der Waals surface area contributed by atoms with Crippen LogP contribution >= 0.6 is 0 Å². The van der Waals surface area contributed by atoms with Crippen molar-refractivity contribution in [1.29, 1.82) is 0 Å². The number of hydrogen-bond donors (Lipinski definition) is 1. The highest BCUT2D eigenvalue weighted by Crippen LogP contribution is 2.20. The number of aryl methyl sites for hydroxylation is 3. The summed E-state index contributed by atoms with van der Waals surface area (Å²) in [7, 11) is 0. The largest absolute Gasteiger partial charge is 0.327 e. The molecule has 2 rings (SSSR count). The minimum atomic E-state index is -0.525. The van der Waals surface area contributed by atoms with E-state index in [4.69, 9.17) is 5.73 Å². The van der Waals surface area contributed by atoms with E-state index < -0.39 is 11.6 Å². The molecule has 0 amide bonds. The molecule has 1 atom stereocenters. The Morgan fingerprint density at radius 3 is 1.90 bits per heavy atom. The topological polar surface area (TPSA) is 26.0 Å². The van der Waals surface area contributed by atoms with Gasteiger partial charge in [-0.15, -0.1) is 0 Å². The molecule has 0 aliphatic carbocycles. The Morgan fingerprint density at radius 1 is 0.905 bits per heavy atom. The van der Waals surface area contributed by atoms with Gasteiger partial charge in [0, 0.05) is 11.6 Å². The molecule has 2 aromatic carbocycles. The van der Waals surface area contributed by atoms with Gasteiger partial charge in [-0.05, 0) is 62.4 Å². The first-order chi connectivity index (χ1) is 9.88. The van der Waals surface area contributed by atoms with E-state index in [0.717, 1.165) is 0 Å². The monoisotopic (exact) mass is 289 g/mol. The third kappa shape index (κ3) is 3.67. The molecule has 112 valence electrons. The quantitative estimate of drug-likeness (QED) is 0.904. The Bertz CT molecular complexity index is 606. The van der Waals surface area contributed by atoms with Crippen LogP contribution < -0.4 is 5.73 Å². The van der Waals surface area contributed by atoms with Crippen molar-refractivity contribution in [1.82, 2.24) is 0 Å². The van der Waals surface area contributed by atoms with Crippen LogP contribution in [0.25, 0.3) is 0 Å². The standard InChI is InChI=1S/C18H21F2N/c1-11-7-12(2)15(13(3)8-11)9-14(21)10-16-17(19)5-4-6-18(16)20/h4-8,14H,9-10,21H2,1-3H3. The van der Waals surface area contributed by atoms with Crippen molar-refractivity contribution in [2.45, 2.75) is 39.7 Å². The summed E-state index contributed by atoms with van der Waals surface area (Å²) >= 11 is 0. The van der Waals surface area contributed by atoms with Crippen molar-refractivity contribution < 1.29 is 8.78 Å². The molecule has 3 heteroatoms. The minimum Gasteiger partial charge on any atom is -0.327 e. The van der Waals surface area contributed by atoms with Gasteiger partial charge in [-0.2, -0.15) is 0 Å². The van der Waals surface area contributed by atoms with E-state index >= 15 is 0 Å². The maximum atomic E-state index is 13.7. The third-order valence-electron chi connectivity index (χ3n) is 3.83. The zero-order valence-electron chi connectivity index (χ0n) is 12.7. The Labute approximate surface area is 124 Å². The van der Waals surface area contributed by atoms with Gasteiger partial charge < -0.3 is 5.73 Å².